The summed E-state index contributed by atoms with van der Waals surface area (Å²) in [6, 6.07) is 6.82. The van der Waals surface area contributed by atoms with Crippen molar-refractivity contribution in [3.8, 4) is 0 Å². The molecule has 2 aromatic rings. The van der Waals surface area contributed by atoms with E-state index in [0.717, 1.165) is 24.2 Å². The smallest absolute Gasteiger partial charge is 0.263 e. The molecule has 1 heterocycles. The van der Waals surface area contributed by atoms with Gasteiger partial charge in [-0.15, -0.1) is 0 Å². The Morgan fingerprint density at radius 2 is 2.26 bits per heavy atom. The summed E-state index contributed by atoms with van der Waals surface area (Å²) in [5.74, 6) is 1.38. The minimum Gasteiger partial charge on any atom is -0.263 e. The van der Waals surface area contributed by atoms with Gasteiger partial charge >= 0.3 is 0 Å². The molecule has 0 unspecified atom stereocenters. The molecule has 1 saturated carbocycles. The van der Waals surface area contributed by atoms with Crippen LogP contribution in [0, 0.1) is 16.0 Å². The third-order valence-electron chi connectivity index (χ3n) is 3.87. The summed E-state index contributed by atoms with van der Waals surface area (Å²) in [6.45, 7) is 2.17. The van der Waals surface area contributed by atoms with Gasteiger partial charge < -0.3 is 0 Å². The van der Waals surface area contributed by atoms with E-state index in [2.05, 4.69) is 22.1 Å². The van der Waals surface area contributed by atoms with Gasteiger partial charge in [0.1, 0.15) is 12.2 Å². The van der Waals surface area contributed by atoms with Crippen LogP contribution in [0.4, 0.5) is 5.69 Å². The van der Waals surface area contributed by atoms with Gasteiger partial charge in [0.25, 0.3) is 5.69 Å². The Hall–Kier alpha value is -2.24. The van der Waals surface area contributed by atoms with E-state index in [9.17, 15) is 10.1 Å². The van der Waals surface area contributed by atoms with Crippen molar-refractivity contribution < 1.29 is 4.92 Å². The van der Waals surface area contributed by atoms with Crippen LogP contribution in [-0.2, 0) is 5.41 Å². The first-order chi connectivity index (χ1) is 9.12. The molecule has 19 heavy (non-hydrogen) atoms. The monoisotopic (exact) mass is 258 g/mol. The molecule has 1 aromatic heterocycles. The molecule has 0 bridgehead atoms. The third kappa shape index (κ3) is 1.80. The number of nitrogens with zero attached hydrogens (tertiary/aromatic N) is 3. The van der Waals surface area contributed by atoms with Gasteiger partial charge in [-0.05, 0) is 24.3 Å². The second-order valence-corrected chi connectivity index (χ2v) is 5.24. The van der Waals surface area contributed by atoms with Crippen LogP contribution >= 0.6 is 0 Å². The lowest BCUT2D eigenvalue weighted by molar-refractivity contribution is -0.385. The number of aromatic amines is 1. The summed E-state index contributed by atoms with van der Waals surface area (Å²) in [5.41, 5.74) is 0.814. The molecule has 1 aliphatic carbocycles. The summed E-state index contributed by atoms with van der Waals surface area (Å²) in [5, 5.41) is 17.7. The van der Waals surface area contributed by atoms with Crippen molar-refractivity contribution in [2.24, 2.45) is 5.92 Å². The van der Waals surface area contributed by atoms with E-state index in [4.69, 9.17) is 0 Å². The summed E-state index contributed by atoms with van der Waals surface area (Å²) in [4.78, 5) is 14.8. The maximum absolute atomic E-state index is 10.9. The van der Waals surface area contributed by atoms with E-state index in [1.165, 1.54) is 12.4 Å². The van der Waals surface area contributed by atoms with Crippen molar-refractivity contribution in [3.05, 3.63) is 52.1 Å². The first-order valence-corrected chi connectivity index (χ1v) is 6.22. The lowest BCUT2D eigenvalue weighted by Gasteiger charge is -2.45. The van der Waals surface area contributed by atoms with E-state index in [-0.39, 0.29) is 16.0 Å². The molecule has 0 aliphatic heterocycles. The molecule has 1 aromatic carbocycles. The number of nitro groups is 1. The SMILES string of the molecule is CC1CC(c2cccc([N+](=O)[O-])c2)(c2ncn[nH]2)C1. The Labute approximate surface area is 110 Å². The van der Waals surface area contributed by atoms with Gasteiger partial charge in [-0.25, -0.2) is 4.98 Å². The van der Waals surface area contributed by atoms with E-state index >= 15 is 0 Å². The Bertz CT molecular complexity index is 603. The van der Waals surface area contributed by atoms with Gasteiger partial charge in [0.15, 0.2) is 0 Å². The Morgan fingerprint density at radius 1 is 1.47 bits per heavy atom. The van der Waals surface area contributed by atoms with Gasteiger partial charge in [0, 0.05) is 12.1 Å². The summed E-state index contributed by atoms with van der Waals surface area (Å²) < 4.78 is 0. The highest BCUT2D eigenvalue weighted by Crippen LogP contribution is 2.51. The zero-order valence-corrected chi connectivity index (χ0v) is 10.5. The van der Waals surface area contributed by atoms with Crippen LogP contribution in [0.15, 0.2) is 30.6 Å². The number of aromatic nitrogens is 3. The molecule has 0 atom stereocenters. The second kappa shape index (κ2) is 4.15. The number of hydrogen-bond acceptors (Lipinski definition) is 4. The van der Waals surface area contributed by atoms with Crippen LogP contribution in [-0.4, -0.2) is 20.1 Å². The zero-order valence-electron chi connectivity index (χ0n) is 10.5. The van der Waals surface area contributed by atoms with Gasteiger partial charge in [-0.1, -0.05) is 19.1 Å². The number of benzene rings is 1. The lowest BCUT2D eigenvalue weighted by atomic mass is 9.58. The van der Waals surface area contributed by atoms with Crippen molar-refractivity contribution in [1.29, 1.82) is 0 Å². The minimum atomic E-state index is -0.361. The van der Waals surface area contributed by atoms with Crippen LogP contribution < -0.4 is 0 Å². The molecule has 0 spiro atoms. The molecule has 3 rings (SSSR count). The van der Waals surface area contributed by atoms with Crippen LogP contribution in [0.1, 0.15) is 31.2 Å². The zero-order chi connectivity index (χ0) is 13.5. The average Bonchev–Trinajstić information content (AvgIpc) is 2.89. The normalized spacial score (nSPS) is 25.8. The molecule has 1 aliphatic rings. The fourth-order valence-electron chi connectivity index (χ4n) is 3.05. The number of H-pyrrole nitrogens is 1. The summed E-state index contributed by atoms with van der Waals surface area (Å²) in [7, 11) is 0. The van der Waals surface area contributed by atoms with E-state index in [1.807, 2.05) is 6.07 Å². The standard InChI is InChI=1S/C13H14N4O2/c1-9-6-13(7-9,12-14-8-15-16-12)10-3-2-4-11(5-10)17(18)19/h2-5,8-9H,6-7H2,1H3,(H,14,15,16). The predicted molar refractivity (Wildman–Crippen MR) is 68.7 cm³/mol. The molecule has 0 amide bonds. The Balaban J connectivity index is 2.07. The topological polar surface area (TPSA) is 84.7 Å². The van der Waals surface area contributed by atoms with Crippen LogP contribution in [0.3, 0.4) is 0 Å². The molecule has 0 saturated heterocycles. The van der Waals surface area contributed by atoms with Crippen LogP contribution in [0.2, 0.25) is 0 Å². The predicted octanol–water partition coefficient (Wildman–Crippen LogP) is 2.43. The number of hydrogen-bond donors (Lipinski definition) is 1. The average molecular weight is 258 g/mol. The number of nitrogens with one attached hydrogen (secondary N) is 1. The molecule has 0 radical (unpaired) electrons. The fraction of sp³-hybridized carbons (Fsp3) is 0.385. The quantitative estimate of drug-likeness (QED) is 0.676. The highest BCUT2D eigenvalue weighted by Gasteiger charge is 2.47. The maximum atomic E-state index is 10.9. The van der Waals surface area contributed by atoms with Crippen LogP contribution in [0.25, 0.3) is 0 Å². The van der Waals surface area contributed by atoms with Gasteiger partial charge in [0.2, 0.25) is 0 Å². The highest BCUT2D eigenvalue weighted by molar-refractivity contribution is 5.43. The first kappa shape index (κ1) is 11.8. The number of non-ortho nitro benzene ring substituents is 1. The third-order valence-corrected chi connectivity index (χ3v) is 3.87. The Kier molecular flexibility index (Phi) is 2.58. The van der Waals surface area contributed by atoms with Crippen molar-refractivity contribution >= 4 is 5.69 Å². The molecule has 1 N–H and O–H groups in total. The number of rotatable bonds is 3. The van der Waals surface area contributed by atoms with Crippen molar-refractivity contribution in [2.75, 3.05) is 0 Å². The molecular weight excluding hydrogens is 244 g/mol. The van der Waals surface area contributed by atoms with Crippen molar-refractivity contribution in [3.63, 3.8) is 0 Å². The molecular formula is C13H14N4O2. The van der Waals surface area contributed by atoms with Gasteiger partial charge in [-0.3, -0.25) is 15.2 Å². The minimum absolute atomic E-state index is 0.121. The molecule has 98 valence electrons. The number of nitro benzene ring substituents is 1. The second-order valence-electron chi connectivity index (χ2n) is 5.24. The van der Waals surface area contributed by atoms with Crippen LogP contribution in [0.5, 0.6) is 0 Å². The largest absolute Gasteiger partial charge is 0.269 e. The first-order valence-electron chi connectivity index (χ1n) is 6.22. The van der Waals surface area contributed by atoms with Gasteiger partial charge in [0.05, 0.1) is 10.3 Å². The highest BCUT2D eigenvalue weighted by atomic mass is 16.6. The van der Waals surface area contributed by atoms with E-state index in [1.54, 1.807) is 12.1 Å². The Morgan fingerprint density at radius 3 is 2.84 bits per heavy atom. The van der Waals surface area contributed by atoms with Crippen molar-refractivity contribution in [2.45, 2.75) is 25.2 Å². The fourth-order valence-corrected chi connectivity index (χ4v) is 3.05. The van der Waals surface area contributed by atoms with Gasteiger partial charge in [-0.2, -0.15) is 5.10 Å². The van der Waals surface area contributed by atoms with E-state index in [0.29, 0.717) is 5.92 Å². The van der Waals surface area contributed by atoms with Crippen molar-refractivity contribution in [1.82, 2.24) is 15.2 Å². The summed E-state index contributed by atoms with van der Waals surface area (Å²) in [6.07, 6.45) is 3.35. The molecule has 6 nitrogen and oxygen atoms in total. The molecule has 1 fully saturated rings. The summed E-state index contributed by atoms with van der Waals surface area (Å²) >= 11 is 0. The lowest BCUT2D eigenvalue weighted by Crippen LogP contribution is -2.42. The van der Waals surface area contributed by atoms with E-state index < -0.39 is 0 Å². The maximum Gasteiger partial charge on any atom is 0.269 e. The molecule has 6 heteroatoms.